The predicted molar refractivity (Wildman–Crippen MR) is 83.8 cm³/mol. The molecule has 4 nitrogen and oxygen atoms in total. The molecule has 1 rings (SSSR count). The maximum atomic E-state index is 12.3. The molecule has 2 atom stereocenters. The van der Waals surface area contributed by atoms with Gasteiger partial charge in [-0.3, -0.25) is 4.79 Å². The van der Waals surface area contributed by atoms with E-state index >= 15 is 0 Å². The highest BCUT2D eigenvalue weighted by molar-refractivity contribution is 5.83. The first kappa shape index (κ1) is 19.1. The van der Waals surface area contributed by atoms with Crippen LogP contribution in [-0.4, -0.2) is 29.5 Å². The summed E-state index contributed by atoms with van der Waals surface area (Å²) in [4.78, 5) is 22.8. The van der Waals surface area contributed by atoms with Crippen molar-refractivity contribution in [3.8, 4) is 0 Å². The van der Waals surface area contributed by atoms with Gasteiger partial charge in [-0.1, -0.05) is 45.0 Å². The summed E-state index contributed by atoms with van der Waals surface area (Å²) in [7, 11) is 0. The van der Waals surface area contributed by atoms with E-state index in [2.05, 4.69) is 19.2 Å². The first-order valence-corrected chi connectivity index (χ1v) is 7.60. The second kappa shape index (κ2) is 8.60. The number of carboxylic acid groups (broad SMARTS) is 1. The minimum atomic E-state index is -2.78. The minimum absolute atomic E-state index is 0.0496. The Morgan fingerprint density at radius 3 is 2.04 bits per heavy atom. The number of carboxylic acids is 1. The molecule has 1 aromatic rings. The summed E-state index contributed by atoms with van der Waals surface area (Å²) in [6.45, 7) is 6.01. The molecule has 2 N–H and O–H groups in total. The molecule has 0 saturated heterocycles. The van der Waals surface area contributed by atoms with Crippen LogP contribution in [0.3, 0.4) is 0 Å². The van der Waals surface area contributed by atoms with Gasteiger partial charge in [-0.15, -0.1) is 0 Å². The van der Waals surface area contributed by atoms with E-state index in [4.69, 9.17) is 5.11 Å². The number of nitrogens with one attached hydrogen (secondary N) is 1. The van der Waals surface area contributed by atoms with Crippen molar-refractivity contribution in [2.45, 2.75) is 57.9 Å². The van der Waals surface area contributed by atoms with Gasteiger partial charge in [-0.05, 0) is 23.0 Å². The summed E-state index contributed by atoms with van der Waals surface area (Å²) in [6, 6.07) is 6.29. The molecule has 0 aliphatic carbocycles. The van der Waals surface area contributed by atoms with Crippen LogP contribution < -0.4 is 5.32 Å². The monoisotopic (exact) mass is 327 g/mol. The number of hydrogen-bond acceptors (Lipinski definition) is 2. The van der Waals surface area contributed by atoms with Crippen molar-refractivity contribution in [1.82, 2.24) is 5.32 Å². The molecule has 0 radical (unpaired) electrons. The van der Waals surface area contributed by atoms with Gasteiger partial charge < -0.3 is 10.4 Å². The molecule has 0 fully saturated rings. The molecule has 128 valence electrons. The smallest absolute Gasteiger partial charge is 0.326 e. The molecular weight excluding hydrogens is 304 g/mol. The first-order valence-electron chi connectivity index (χ1n) is 7.60. The lowest BCUT2D eigenvalue weighted by Gasteiger charge is -2.17. The summed E-state index contributed by atoms with van der Waals surface area (Å²) < 4.78 is 24.6. The normalized spacial score (nSPS) is 13.9. The zero-order chi connectivity index (χ0) is 17.6. The molecule has 0 saturated carbocycles. The summed E-state index contributed by atoms with van der Waals surface area (Å²) in [5.41, 5.74) is 2.14. The maximum absolute atomic E-state index is 12.3. The Morgan fingerprint density at radius 1 is 1.09 bits per heavy atom. The molecule has 0 aromatic heterocycles. The molecule has 0 heterocycles. The predicted octanol–water partition coefficient (Wildman–Crippen LogP) is 3.53. The molecule has 6 heteroatoms. The Hall–Kier alpha value is -1.98. The zero-order valence-corrected chi connectivity index (χ0v) is 13.6. The van der Waals surface area contributed by atoms with E-state index in [-0.39, 0.29) is 12.3 Å². The Morgan fingerprint density at radius 2 is 1.61 bits per heavy atom. The van der Waals surface area contributed by atoms with Gasteiger partial charge in [0.15, 0.2) is 0 Å². The second-order valence-electron chi connectivity index (χ2n) is 6.01. The topological polar surface area (TPSA) is 66.4 Å². The van der Waals surface area contributed by atoms with E-state index in [1.165, 1.54) is 5.56 Å². The fraction of sp³-hybridized carbons (Fsp3) is 0.529. The van der Waals surface area contributed by atoms with Crippen molar-refractivity contribution in [2.24, 2.45) is 0 Å². The zero-order valence-electron chi connectivity index (χ0n) is 13.6. The van der Waals surface area contributed by atoms with Crippen LogP contribution in [0.2, 0.25) is 0 Å². The summed E-state index contributed by atoms with van der Waals surface area (Å²) in [5.74, 6) is -1.71. The maximum Gasteiger partial charge on any atom is 0.326 e. The molecule has 1 aromatic carbocycles. The van der Waals surface area contributed by atoms with E-state index in [9.17, 15) is 18.4 Å². The van der Waals surface area contributed by atoms with Crippen LogP contribution in [0.4, 0.5) is 8.78 Å². The molecule has 0 aliphatic rings. The van der Waals surface area contributed by atoms with Crippen LogP contribution in [0.15, 0.2) is 24.3 Å². The largest absolute Gasteiger partial charge is 0.480 e. The molecule has 23 heavy (non-hydrogen) atoms. The Balaban J connectivity index is 2.63. The third kappa shape index (κ3) is 6.34. The number of amides is 1. The Bertz CT molecular complexity index is 529. The van der Waals surface area contributed by atoms with Crippen molar-refractivity contribution < 1.29 is 23.5 Å². The lowest BCUT2D eigenvalue weighted by molar-refractivity contribution is -0.143. The van der Waals surface area contributed by atoms with Crippen molar-refractivity contribution in [1.29, 1.82) is 0 Å². The SMILES string of the molecule is CC(C)c1ccc(C(C)CC(=O)NC(CC(F)F)C(=O)O)cc1. The average molecular weight is 327 g/mol. The van der Waals surface area contributed by atoms with E-state index in [0.29, 0.717) is 5.92 Å². The quantitative estimate of drug-likeness (QED) is 0.767. The van der Waals surface area contributed by atoms with Crippen molar-refractivity contribution in [3.05, 3.63) is 35.4 Å². The first-order chi connectivity index (χ1) is 10.7. The summed E-state index contributed by atoms with van der Waals surface area (Å²) in [6.07, 6.45) is -3.62. The van der Waals surface area contributed by atoms with Crippen molar-refractivity contribution >= 4 is 11.9 Å². The number of halogens is 2. The van der Waals surface area contributed by atoms with Gasteiger partial charge in [0.1, 0.15) is 6.04 Å². The average Bonchev–Trinajstić information content (AvgIpc) is 2.45. The number of carbonyl (C=O) groups is 2. The van der Waals surface area contributed by atoms with Crippen LogP contribution >= 0.6 is 0 Å². The number of alkyl halides is 2. The van der Waals surface area contributed by atoms with Gasteiger partial charge in [-0.25, -0.2) is 13.6 Å². The standard InChI is InChI=1S/C17H23F2NO3/c1-10(2)12-4-6-13(7-5-12)11(3)8-16(21)20-14(17(22)23)9-15(18)19/h4-7,10-11,14-15H,8-9H2,1-3H3,(H,20,21)(H,22,23). The number of carbonyl (C=O) groups excluding carboxylic acids is 1. The Kier molecular flexibility index (Phi) is 7.13. The van der Waals surface area contributed by atoms with Gasteiger partial charge in [0.05, 0.1) is 0 Å². The van der Waals surface area contributed by atoms with Gasteiger partial charge in [-0.2, -0.15) is 0 Å². The molecule has 2 unspecified atom stereocenters. The van der Waals surface area contributed by atoms with Crippen molar-refractivity contribution in [2.75, 3.05) is 0 Å². The third-order valence-corrected chi connectivity index (χ3v) is 3.71. The summed E-state index contributed by atoms with van der Waals surface area (Å²) in [5, 5.41) is 11.0. The minimum Gasteiger partial charge on any atom is -0.480 e. The van der Waals surface area contributed by atoms with Crippen LogP contribution in [0, 0.1) is 0 Å². The fourth-order valence-electron chi connectivity index (χ4n) is 2.26. The van der Waals surface area contributed by atoms with Crippen LogP contribution in [0.5, 0.6) is 0 Å². The van der Waals surface area contributed by atoms with Gasteiger partial charge in [0, 0.05) is 12.8 Å². The number of benzene rings is 1. The van der Waals surface area contributed by atoms with Crippen LogP contribution in [0.25, 0.3) is 0 Å². The Labute approximate surface area is 134 Å². The van der Waals surface area contributed by atoms with Crippen LogP contribution in [0.1, 0.15) is 56.6 Å². The van der Waals surface area contributed by atoms with Crippen molar-refractivity contribution in [3.63, 3.8) is 0 Å². The van der Waals surface area contributed by atoms with E-state index in [0.717, 1.165) is 5.56 Å². The lowest BCUT2D eigenvalue weighted by Crippen LogP contribution is -2.42. The van der Waals surface area contributed by atoms with E-state index < -0.39 is 30.8 Å². The highest BCUT2D eigenvalue weighted by Gasteiger charge is 2.24. The molecule has 0 spiro atoms. The highest BCUT2D eigenvalue weighted by Crippen LogP contribution is 2.22. The van der Waals surface area contributed by atoms with Gasteiger partial charge in [0.2, 0.25) is 12.3 Å². The second-order valence-corrected chi connectivity index (χ2v) is 6.01. The number of rotatable bonds is 8. The van der Waals surface area contributed by atoms with Crippen LogP contribution in [-0.2, 0) is 9.59 Å². The molecule has 0 aliphatic heterocycles. The van der Waals surface area contributed by atoms with Gasteiger partial charge in [0.25, 0.3) is 0 Å². The molecule has 0 bridgehead atoms. The van der Waals surface area contributed by atoms with E-state index in [1.54, 1.807) is 0 Å². The number of aliphatic carboxylic acids is 1. The lowest BCUT2D eigenvalue weighted by atomic mass is 9.94. The fourth-order valence-corrected chi connectivity index (χ4v) is 2.26. The number of hydrogen-bond donors (Lipinski definition) is 2. The van der Waals surface area contributed by atoms with E-state index in [1.807, 2.05) is 31.2 Å². The summed E-state index contributed by atoms with van der Waals surface area (Å²) >= 11 is 0. The molecular formula is C17H23F2NO3. The van der Waals surface area contributed by atoms with Gasteiger partial charge >= 0.3 is 5.97 Å². The molecule has 1 amide bonds. The highest BCUT2D eigenvalue weighted by atomic mass is 19.3. The third-order valence-electron chi connectivity index (χ3n) is 3.71.